The van der Waals surface area contributed by atoms with Crippen LogP contribution in [0.1, 0.15) is 38.8 Å². The second-order valence-electron chi connectivity index (χ2n) is 9.46. The van der Waals surface area contributed by atoms with Crippen LogP contribution in [0.5, 0.6) is 0 Å². The van der Waals surface area contributed by atoms with Crippen molar-refractivity contribution in [2.75, 3.05) is 20.8 Å². The molecule has 2 aromatic carbocycles. The van der Waals surface area contributed by atoms with E-state index in [0.29, 0.717) is 29.5 Å². The zero-order chi connectivity index (χ0) is 24.6. The minimum absolute atomic E-state index is 0.00895. The first-order valence-corrected chi connectivity index (χ1v) is 11.7. The first-order valence-electron chi connectivity index (χ1n) is 11.7. The molecule has 2 aromatic rings. The predicted molar refractivity (Wildman–Crippen MR) is 128 cm³/mol. The van der Waals surface area contributed by atoms with E-state index in [2.05, 4.69) is 13.8 Å². The van der Waals surface area contributed by atoms with E-state index in [0.717, 1.165) is 0 Å². The summed E-state index contributed by atoms with van der Waals surface area (Å²) in [5.74, 6) is -1.95. The van der Waals surface area contributed by atoms with E-state index in [1.165, 1.54) is 14.2 Å². The number of ether oxygens (including phenoxy) is 5. The normalized spacial score (nSPS) is 31.9. The van der Waals surface area contributed by atoms with Gasteiger partial charge >= 0.3 is 0 Å². The second-order valence-corrected chi connectivity index (χ2v) is 9.46. The number of aliphatic hydroxyl groups is 1. The number of aliphatic imine (C=N–C) groups is 1. The lowest BCUT2D eigenvalue weighted by Gasteiger charge is -2.54. The summed E-state index contributed by atoms with van der Waals surface area (Å²) in [6, 6.07) is 18.8. The quantitative estimate of drug-likeness (QED) is 0.663. The van der Waals surface area contributed by atoms with Crippen LogP contribution in [-0.2, 0) is 29.3 Å². The van der Waals surface area contributed by atoms with Gasteiger partial charge in [0.15, 0.2) is 6.10 Å². The largest absolute Gasteiger partial charge is 0.477 e. The smallest absolute Gasteiger partial charge is 0.221 e. The summed E-state index contributed by atoms with van der Waals surface area (Å²) in [4.78, 5) is 4.82. The van der Waals surface area contributed by atoms with Crippen LogP contribution in [0.4, 0.5) is 0 Å². The molecule has 1 N–H and O–H groups in total. The average Bonchev–Trinajstić information content (AvgIpc) is 3.37. The number of hydrogen-bond donors (Lipinski definition) is 1. The molecule has 0 amide bonds. The van der Waals surface area contributed by atoms with E-state index >= 15 is 0 Å². The van der Waals surface area contributed by atoms with Crippen molar-refractivity contribution in [2.45, 2.75) is 63.1 Å². The third kappa shape index (κ3) is 4.06. The van der Waals surface area contributed by atoms with Crippen LogP contribution in [-0.4, -0.2) is 61.7 Å². The van der Waals surface area contributed by atoms with Gasteiger partial charge in [-0.25, -0.2) is 4.99 Å². The van der Waals surface area contributed by atoms with E-state index in [9.17, 15) is 5.11 Å². The van der Waals surface area contributed by atoms with Crippen LogP contribution in [0.2, 0.25) is 0 Å². The van der Waals surface area contributed by atoms with Gasteiger partial charge in [0.1, 0.15) is 18.3 Å². The van der Waals surface area contributed by atoms with Gasteiger partial charge in [-0.15, -0.1) is 0 Å². The predicted octanol–water partition coefficient (Wildman–Crippen LogP) is 3.89. The third-order valence-electron chi connectivity index (χ3n) is 7.13. The molecular weight excluding hydrogens is 434 g/mol. The monoisotopic (exact) mass is 469 g/mol. The maximum Gasteiger partial charge on any atom is 0.221 e. The van der Waals surface area contributed by atoms with Crippen molar-refractivity contribution in [1.29, 1.82) is 0 Å². The Hall–Kier alpha value is -2.29. The molecule has 2 aliphatic rings. The molecule has 0 spiro atoms. The van der Waals surface area contributed by atoms with Gasteiger partial charge in [-0.1, -0.05) is 74.5 Å². The van der Waals surface area contributed by atoms with E-state index in [1.807, 2.05) is 60.7 Å². The average molecular weight is 470 g/mol. The fraction of sp³-hybridized carbons (Fsp3) is 0.519. The SMILES string of the molecule is CO[C@]1(C)O[C@@H](C(O)(c2ccccc2)c2ccccc2)[C@H](C2=N[C@@H](C(C)C)CO2)O[C@@]1(C)OC. The van der Waals surface area contributed by atoms with Crippen molar-refractivity contribution >= 4 is 5.90 Å². The topological polar surface area (TPSA) is 78.7 Å². The minimum Gasteiger partial charge on any atom is -0.477 e. The van der Waals surface area contributed by atoms with Crippen molar-refractivity contribution in [3.05, 3.63) is 71.8 Å². The number of rotatable bonds is 7. The minimum atomic E-state index is -1.61. The van der Waals surface area contributed by atoms with Crippen LogP contribution >= 0.6 is 0 Å². The third-order valence-corrected chi connectivity index (χ3v) is 7.13. The summed E-state index contributed by atoms with van der Waals surface area (Å²) >= 11 is 0. The highest BCUT2D eigenvalue weighted by atomic mass is 16.8. The maximum absolute atomic E-state index is 12.5. The summed E-state index contributed by atoms with van der Waals surface area (Å²) in [5.41, 5.74) is -0.305. The van der Waals surface area contributed by atoms with E-state index in [1.54, 1.807) is 13.8 Å². The van der Waals surface area contributed by atoms with Gasteiger partial charge in [-0.2, -0.15) is 0 Å². The molecule has 0 aliphatic carbocycles. The van der Waals surface area contributed by atoms with Crippen molar-refractivity contribution in [1.82, 2.24) is 0 Å². The van der Waals surface area contributed by atoms with Gasteiger partial charge in [-0.3, -0.25) is 0 Å². The summed E-state index contributed by atoms with van der Waals surface area (Å²) in [5, 5.41) is 12.5. The van der Waals surface area contributed by atoms with Crippen LogP contribution in [0.3, 0.4) is 0 Å². The Morgan fingerprint density at radius 2 is 1.41 bits per heavy atom. The fourth-order valence-corrected chi connectivity index (χ4v) is 4.56. The molecule has 0 radical (unpaired) electrons. The Morgan fingerprint density at radius 3 is 1.85 bits per heavy atom. The lowest BCUT2D eigenvalue weighted by Crippen LogP contribution is -2.70. The molecule has 0 unspecified atom stereocenters. The van der Waals surface area contributed by atoms with Crippen LogP contribution in [0.25, 0.3) is 0 Å². The van der Waals surface area contributed by atoms with Crippen LogP contribution in [0, 0.1) is 5.92 Å². The van der Waals surface area contributed by atoms with Crippen molar-refractivity contribution in [2.24, 2.45) is 10.9 Å². The molecule has 7 heteroatoms. The van der Waals surface area contributed by atoms with Gasteiger partial charge in [0.05, 0.1) is 6.04 Å². The summed E-state index contributed by atoms with van der Waals surface area (Å²) < 4.78 is 30.8. The molecule has 4 rings (SSSR count). The molecule has 1 fully saturated rings. The standard InChI is InChI=1S/C27H35NO6/c1-18(2)21-17-32-24(28-21)22-23(34-26(4,31-6)25(3,30-5)33-22)27(29,19-13-9-7-10-14-19)20-15-11-8-12-16-20/h7-16,18,21-23,29H,17H2,1-6H3/t21-,22-,23-,25-,26-/m1/s1. The van der Waals surface area contributed by atoms with E-state index in [4.69, 9.17) is 28.7 Å². The molecule has 5 atom stereocenters. The van der Waals surface area contributed by atoms with E-state index < -0.39 is 29.4 Å². The highest BCUT2D eigenvalue weighted by Crippen LogP contribution is 2.47. The molecule has 0 aromatic heterocycles. The summed E-state index contributed by atoms with van der Waals surface area (Å²) in [6.45, 7) is 8.13. The highest BCUT2D eigenvalue weighted by molar-refractivity contribution is 5.83. The van der Waals surface area contributed by atoms with Gasteiger partial charge < -0.3 is 28.8 Å². The lowest BCUT2D eigenvalue weighted by atomic mass is 9.78. The van der Waals surface area contributed by atoms with Gasteiger partial charge in [0.25, 0.3) is 0 Å². The summed E-state index contributed by atoms with van der Waals surface area (Å²) in [7, 11) is 3.06. The molecule has 7 nitrogen and oxygen atoms in total. The molecule has 0 saturated carbocycles. The van der Waals surface area contributed by atoms with Gasteiger partial charge in [0.2, 0.25) is 17.5 Å². The molecular formula is C27H35NO6. The van der Waals surface area contributed by atoms with E-state index in [-0.39, 0.29) is 6.04 Å². The zero-order valence-electron chi connectivity index (χ0n) is 20.7. The highest BCUT2D eigenvalue weighted by Gasteiger charge is 2.63. The number of hydrogen-bond acceptors (Lipinski definition) is 7. The Balaban J connectivity index is 1.90. The first-order chi connectivity index (χ1) is 16.2. The van der Waals surface area contributed by atoms with Crippen molar-refractivity contribution in [3.63, 3.8) is 0 Å². The second kappa shape index (κ2) is 9.40. The maximum atomic E-state index is 12.5. The number of nitrogens with zero attached hydrogens (tertiary/aromatic N) is 1. The van der Waals surface area contributed by atoms with Crippen LogP contribution < -0.4 is 0 Å². The Labute approximate surface area is 201 Å². The van der Waals surface area contributed by atoms with Gasteiger partial charge in [0, 0.05) is 14.2 Å². The molecule has 1 saturated heterocycles. The molecule has 2 heterocycles. The number of benzene rings is 2. The fourth-order valence-electron chi connectivity index (χ4n) is 4.56. The van der Waals surface area contributed by atoms with Crippen LogP contribution in [0.15, 0.2) is 65.7 Å². The Kier molecular flexibility index (Phi) is 6.86. The number of methoxy groups -OCH3 is 2. The molecule has 184 valence electrons. The van der Waals surface area contributed by atoms with Crippen molar-refractivity contribution in [3.8, 4) is 0 Å². The van der Waals surface area contributed by atoms with Crippen molar-refractivity contribution < 1.29 is 28.8 Å². The lowest BCUT2D eigenvalue weighted by molar-refractivity contribution is -0.452. The molecule has 0 bridgehead atoms. The Morgan fingerprint density at radius 1 is 0.912 bits per heavy atom. The summed E-state index contributed by atoms with van der Waals surface area (Å²) in [6.07, 6.45) is -1.82. The molecule has 34 heavy (non-hydrogen) atoms. The first kappa shape index (κ1) is 24.8. The Bertz CT molecular complexity index is 957. The zero-order valence-corrected chi connectivity index (χ0v) is 20.7. The van der Waals surface area contributed by atoms with Gasteiger partial charge in [-0.05, 0) is 30.9 Å². The molecule has 2 aliphatic heterocycles.